The van der Waals surface area contributed by atoms with Gasteiger partial charge in [-0.3, -0.25) is 19.4 Å². The summed E-state index contributed by atoms with van der Waals surface area (Å²) in [6, 6.07) is 4.62. The fourth-order valence-electron chi connectivity index (χ4n) is 6.03. The number of halogens is 1. The van der Waals surface area contributed by atoms with Crippen LogP contribution in [-0.2, 0) is 20.8 Å². The fraction of sp³-hybridized carbons (Fsp3) is 0.690. The van der Waals surface area contributed by atoms with Gasteiger partial charge >= 0.3 is 0 Å². The van der Waals surface area contributed by atoms with Gasteiger partial charge in [-0.25, -0.2) is 4.39 Å². The van der Waals surface area contributed by atoms with Crippen LogP contribution in [-0.4, -0.2) is 97.0 Å². The molecule has 2 N–H and O–H groups in total. The lowest BCUT2D eigenvalue weighted by molar-refractivity contribution is -0.141. The predicted octanol–water partition coefficient (Wildman–Crippen LogP) is 2.54. The van der Waals surface area contributed by atoms with Crippen LogP contribution in [0, 0.1) is 11.7 Å². The van der Waals surface area contributed by atoms with Gasteiger partial charge in [0.2, 0.25) is 11.8 Å². The van der Waals surface area contributed by atoms with Crippen molar-refractivity contribution < 1.29 is 18.8 Å². The molecule has 0 spiro atoms. The molecule has 11 heteroatoms. The van der Waals surface area contributed by atoms with Crippen LogP contribution >= 0.6 is 0 Å². The van der Waals surface area contributed by atoms with E-state index < -0.39 is 18.1 Å². The minimum Gasteiger partial charge on any atom is -0.343 e. The Labute approximate surface area is 236 Å². The predicted molar refractivity (Wildman–Crippen MR) is 150 cm³/mol. The highest BCUT2D eigenvalue weighted by molar-refractivity contribution is 5.90. The van der Waals surface area contributed by atoms with Crippen molar-refractivity contribution in [2.45, 2.75) is 82.5 Å². The number of carbonyl (C=O) groups is 3. The molecule has 1 aliphatic carbocycles. The van der Waals surface area contributed by atoms with Crippen molar-refractivity contribution in [2.75, 3.05) is 40.3 Å². The SMILES string of the molecule is CNC(C)C(=O)NC(C(=O)N1CCCC1CN(CCc1ccc(F)cc1)C(=O)C1CN(C)N=N1)C1CCCCC1. The van der Waals surface area contributed by atoms with E-state index in [0.29, 0.717) is 32.6 Å². The zero-order valence-corrected chi connectivity index (χ0v) is 24.0. The van der Waals surface area contributed by atoms with Crippen molar-refractivity contribution in [3.8, 4) is 0 Å². The molecule has 1 aromatic carbocycles. The van der Waals surface area contributed by atoms with Crippen LogP contribution in [0.25, 0.3) is 0 Å². The molecule has 4 atom stereocenters. The summed E-state index contributed by atoms with van der Waals surface area (Å²) in [5.41, 5.74) is 0.933. The van der Waals surface area contributed by atoms with E-state index in [9.17, 15) is 18.8 Å². The molecule has 2 fully saturated rings. The van der Waals surface area contributed by atoms with Crippen LogP contribution < -0.4 is 10.6 Å². The molecule has 1 saturated carbocycles. The monoisotopic (exact) mass is 557 g/mol. The molecule has 0 radical (unpaired) electrons. The van der Waals surface area contributed by atoms with Gasteiger partial charge in [0.1, 0.15) is 11.9 Å². The summed E-state index contributed by atoms with van der Waals surface area (Å²) < 4.78 is 13.4. The van der Waals surface area contributed by atoms with Crippen LogP contribution in [0.4, 0.5) is 4.39 Å². The van der Waals surface area contributed by atoms with Crippen LogP contribution in [0.1, 0.15) is 57.4 Å². The highest BCUT2D eigenvalue weighted by Crippen LogP contribution is 2.30. The van der Waals surface area contributed by atoms with Crippen molar-refractivity contribution in [1.29, 1.82) is 0 Å². The van der Waals surface area contributed by atoms with Crippen molar-refractivity contribution in [2.24, 2.45) is 16.3 Å². The summed E-state index contributed by atoms with van der Waals surface area (Å²) in [4.78, 5) is 44.2. The molecule has 3 aliphatic rings. The van der Waals surface area contributed by atoms with E-state index in [1.807, 2.05) is 4.90 Å². The third-order valence-corrected chi connectivity index (χ3v) is 8.56. The molecule has 4 unspecified atom stereocenters. The van der Waals surface area contributed by atoms with Gasteiger partial charge in [-0.15, -0.1) is 0 Å². The third kappa shape index (κ3) is 7.56. The molecule has 10 nitrogen and oxygen atoms in total. The van der Waals surface area contributed by atoms with Gasteiger partial charge in [0.05, 0.1) is 12.6 Å². The van der Waals surface area contributed by atoms with Crippen LogP contribution in [0.5, 0.6) is 0 Å². The van der Waals surface area contributed by atoms with Gasteiger partial charge in [0, 0.05) is 32.7 Å². The van der Waals surface area contributed by atoms with E-state index in [1.54, 1.807) is 43.1 Å². The maximum Gasteiger partial charge on any atom is 0.251 e. The molecule has 0 bridgehead atoms. The Kier molecular flexibility index (Phi) is 10.5. The number of hydrogen-bond donors (Lipinski definition) is 2. The van der Waals surface area contributed by atoms with E-state index in [-0.39, 0.29) is 35.5 Å². The van der Waals surface area contributed by atoms with Gasteiger partial charge in [-0.1, -0.05) is 36.6 Å². The topological polar surface area (TPSA) is 110 Å². The minimum absolute atomic E-state index is 0.0442. The lowest BCUT2D eigenvalue weighted by Crippen LogP contribution is -2.58. The lowest BCUT2D eigenvalue weighted by Gasteiger charge is -2.37. The standard InChI is InChI=1S/C29H44FN7O3/c1-20(31-2)27(38)32-26(22-8-5-4-6-9-22)29(40)37-16-7-10-24(37)18-36(28(39)25-19-35(3)34-33-25)17-15-21-11-13-23(30)14-12-21/h11-14,20,22,24-26,31H,4-10,15-19H2,1-3H3,(H,32,38). The molecule has 2 aliphatic heterocycles. The minimum atomic E-state index is -0.582. The molecule has 2 heterocycles. The van der Waals surface area contributed by atoms with Crippen molar-refractivity contribution in [3.05, 3.63) is 35.6 Å². The van der Waals surface area contributed by atoms with Crippen molar-refractivity contribution in [3.63, 3.8) is 0 Å². The second kappa shape index (κ2) is 14.0. The molecular formula is C29H44FN7O3. The average Bonchev–Trinajstić information content (AvgIpc) is 3.62. The van der Waals surface area contributed by atoms with Crippen LogP contribution in [0.3, 0.4) is 0 Å². The summed E-state index contributed by atoms with van der Waals surface area (Å²) in [6.07, 6.45) is 7.32. The first-order valence-electron chi connectivity index (χ1n) is 14.7. The Balaban J connectivity index is 1.50. The van der Waals surface area contributed by atoms with Crippen molar-refractivity contribution in [1.82, 2.24) is 25.4 Å². The number of likely N-dealkylation sites (N-methyl/N-ethyl adjacent to an activating group) is 2. The molecule has 1 saturated heterocycles. The Morgan fingerprint density at radius 1 is 1.10 bits per heavy atom. The van der Waals surface area contributed by atoms with E-state index in [4.69, 9.17) is 0 Å². The Morgan fingerprint density at radius 2 is 1.82 bits per heavy atom. The number of nitrogens with one attached hydrogen (secondary N) is 2. The quantitative estimate of drug-likeness (QED) is 0.435. The number of likely N-dealkylation sites (tertiary alicyclic amines) is 1. The second-order valence-corrected chi connectivity index (χ2v) is 11.4. The molecule has 4 rings (SSSR count). The van der Waals surface area contributed by atoms with Crippen LogP contribution in [0.2, 0.25) is 0 Å². The van der Waals surface area contributed by atoms with E-state index in [0.717, 1.165) is 50.5 Å². The highest BCUT2D eigenvalue weighted by Gasteiger charge is 2.40. The molecular weight excluding hydrogens is 513 g/mol. The number of nitrogens with zero attached hydrogens (tertiary/aromatic N) is 5. The highest BCUT2D eigenvalue weighted by atomic mass is 19.1. The second-order valence-electron chi connectivity index (χ2n) is 11.4. The summed E-state index contributed by atoms with van der Waals surface area (Å²) in [6.45, 7) is 3.63. The van der Waals surface area contributed by atoms with Crippen molar-refractivity contribution >= 4 is 17.7 Å². The zero-order valence-electron chi connectivity index (χ0n) is 24.0. The van der Waals surface area contributed by atoms with Gasteiger partial charge in [-0.05, 0) is 69.7 Å². The van der Waals surface area contributed by atoms with Gasteiger partial charge < -0.3 is 20.4 Å². The third-order valence-electron chi connectivity index (χ3n) is 8.56. The molecule has 1 aromatic rings. The van der Waals surface area contributed by atoms with Gasteiger partial charge in [0.15, 0.2) is 6.04 Å². The summed E-state index contributed by atoms with van der Waals surface area (Å²) in [5.74, 6) is -0.517. The molecule has 3 amide bonds. The summed E-state index contributed by atoms with van der Waals surface area (Å²) in [5, 5.41) is 15.9. The summed E-state index contributed by atoms with van der Waals surface area (Å²) in [7, 11) is 3.52. The van der Waals surface area contributed by atoms with Gasteiger partial charge in [0.25, 0.3) is 5.91 Å². The average molecular weight is 558 g/mol. The maximum absolute atomic E-state index is 14.1. The first-order chi connectivity index (χ1) is 19.3. The first kappa shape index (κ1) is 29.9. The number of carbonyl (C=O) groups excluding carboxylic acids is 3. The van der Waals surface area contributed by atoms with E-state index in [2.05, 4.69) is 21.0 Å². The lowest BCUT2D eigenvalue weighted by atomic mass is 9.83. The normalized spacial score (nSPS) is 22.8. The maximum atomic E-state index is 14.1. The Bertz CT molecular complexity index is 1050. The number of amides is 3. The summed E-state index contributed by atoms with van der Waals surface area (Å²) >= 11 is 0. The Morgan fingerprint density at radius 3 is 2.48 bits per heavy atom. The van der Waals surface area contributed by atoms with E-state index in [1.165, 1.54) is 12.1 Å². The first-order valence-corrected chi connectivity index (χ1v) is 14.7. The Hall–Kier alpha value is -3.08. The fourth-order valence-corrected chi connectivity index (χ4v) is 6.03. The molecule has 220 valence electrons. The smallest absolute Gasteiger partial charge is 0.251 e. The molecule has 0 aromatic heterocycles. The number of benzene rings is 1. The number of hydrogen-bond acceptors (Lipinski definition) is 7. The largest absolute Gasteiger partial charge is 0.343 e. The number of rotatable bonds is 11. The zero-order chi connectivity index (χ0) is 28.6. The van der Waals surface area contributed by atoms with Gasteiger partial charge in [-0.2, -0.15) is 5.11 Å². The van der Waals surface area contributed by atoms with Crippen LogP contribution in [0.15, 0.2) is 34.6 Å². The molecule has 40 heavy (non-hydrogen) atoms. The van der Waals surface area contributed by atoms with E-state index >= 15 is 0 Å².